The van der Waals surface area contributed by atoms with E-state index in [9.17, 15) is 13.2 Å². The minimum atomic E-state index is -4.58. The van der Waals surface area contributed by atoms with E-state index in [1.165, 1.54) is 5.56 Å². The minimum absolute atomic E-state index is 0.0795. The Morgan fingerprint density at radius 2 is 1.84 bits per heavy atom. The van der Waals surface area contributed by atoms with Crippen LogP contribution in [0.3, 0.4) is 0 Å². The number of aromatic nitrogens is 2. The number of likely N-dealkylation sites (tertiary alicyclic amines) is 1. The fraction of sp³-hybridized carbons (Fsp3) is 0.500. The summed E-state index contributed by atoms with van der Waals surface area (Å²) in [4.78, 5) is 2.41. The van der Waals surface area contributed by atoms with Crippen molar-refractivity contribution in [1.29, 1.82) is 0 Å². The molecule has 0 bridgehead atoms. The number of hydrogen-bond acceptors (Lipinski definition) is 5. The molecule has 3 aromatic rings. The zero-order valence-electron chi connectivity index (χ0n) is 18.1. The SMILES string of the molecule is CC1CN(Cc2ccc3c(c2)CCc2c-3noc2-c2noc(C3(C)CC3)c2C(F)(F)F)C1. The fourth-order valence-electron chi connectivity index (χ4n) is 5.13. The van der Waals surface area contributed by atoms with Gasteiger partial charge in [0.15, 0.2) is 17.2 Å². The average Bonchev–Trinajstić information content (AvgIpc) is 3.14. The number of nitrogens with zero attached hydrogens (tertiary/aromatic N) is 3. The first-order valence-corrected chi connectivity index (χ1v) is 11.1. The van der Waals surface area contributed by atoms with Crippen molar-refractivity contribution in [3.05, 3.63) is 46.2 Å². The molecule has 6 rings (SSSR count). The van der Waals surface area contributed by atoms with Gasteiger partial charge in [-0.3, -0.25) is 4.90 Å². The number of benzene rings is 1. The van der Waals surface area contributed by atoms with Gasteiger partial charge in [0.25, 0.3) is 0 Å². The summed E-state index contributed by atoms with van der Waals surface area (Å²) in [6.07, 6.45) is -1.98. The third kappa shape index (κ3) is 3.10. The van der Waals surface area contributed by atoms with E-state index in [1.54, 1.807) is 6.92 Å². The first-order chi connectivity index (χ1) is 15.2. The standard InChI is InChI=1S/C24H24F3N3O2/c1-13-10-30(11-13)12-14-3-5-16-15(9-14)4-6-17-19(16)28-31-21(17)20-18(24(25,26)27)22(32-29-20)23(2)7-8-23/h3,5,9,13H,4,6-8,10-12H2,1-2H3. The van der Waals surface area contributed by atoms with Gasteiger partial charge in [0.05, 0.1) is 0 Å². The molecule has 2 fully saturated rings. The van der Waals surface area contributed by atoms with Crippen LogP contribution < -0.4 is 0 Å². The zero-order valence-corrected chi connectivity index (χ0v) is 18.1. The second-order valence-electron chi connectivity index (χ2n) is 9.92. The predicted octanol–water partition coefficient (Wildman–Crippen LogP) is 5.62. The molecule has 0 radical (unpaired) electrons. The first-order valence-electron chi connectivity index (χ1n) is 11.1. The van der Waals surface area contributed by atoms with E-state index >= 15 is 0 Å². The highest BCUT2D eigenvalue weighted by Gasteiger charge is 2.52. The lowest BCUT2D eigenvalue weighted by atomic mass is 9.87. The van der Waals surface area contributed by atoms with Crippen molar-refractivity contribution in [2.24, 2.45) is 5.92 Å². The molecular weight excluding hydrogens is 419 g/mol. The number of alkyl halides is 3. The van der Waals surface area contributed by atoms with Crippen LogP contribution in [-0.2, 0) is 31.0 Å². The molecule has 32 heavy (non-hydrogen) atoms. The monoisotopic (exact) mass is 443 g/mol. The van der Waals surface area contributed by atoms with Gasteiger partial charge in [0.2, 0.25) is 0 Å². The summed E-state index contributed by atoms with van der Waals surface area (Å²) in [6, 6.07) is 6.29. The Morgan fingerprint density at radius 3 is 2.53 bits per heavy atom. The van der Waals surface area contributed by atoms with Crippen LogP contribution in [0.4, 0.5) is 13.2 Å². The lowest BCUT2D eigenvalue weighted by molar-refractivity contribution is -0.138. The van der Waals surface area contributed by atoms with Crippen LogP contribution in [0.1, 0.15) is 54.7 Å². The van der Waals surface area contributed by atoms with E-state index in [4.69, 9.17) is 9.05 Å². The Bertz CT molecular complexity index is 1200. The summed E-state index contributed by atoms with van der Waals surface area (Å²) in [7, 11) is 0. The highest BCUT2D eigenvalue weighted by Crippen LogP contribution is 2.54. The summed E-state index contributed by atoms with van der Waals surface area (Å²) in [5.41, 5.74) is 2.92. The summed E-state index contributed by atoms with van der Waals surface area (Å²) < 4.78 is 52.8. The summed E-state index contributed by atoms with van der Waals surface area (Å²) in [5, 5.41) is 8.01. The Hall–Kier alpha value is -2.61. The van der Waals surface area contributed by atoms with E-state index in [2.05, 4.69) is 34.3 Å². The maximum absolute atomic E-state index is 14.0. The van der Waals surface area contributed by atoms with Crippen molar-refractivity contribution in [2.45, 2.75) is 57.7 Å². The summed E-state index contributed by atoms with van der Waals surface area (Å²) >= 11 is 0. The summed E-state index contributed by atoms with van der Waals surface area (Å²) in [6.45, 7) is 7.18. The molecule has 1 saturated heterocycles. The van der Waals surface area contributed by atoms with Gasteiger partial charge in [0, 0.05) is 36.2 Å². The van der Waals surface area contributed by atoms with Crippen LogP contribution in [0.2, 0.25) is 0 Å². The van der Waals surface area contributed by atoms with Crippen LogP contribution in [0.15, 0.2) is 27.2 Å². The van der Waals surface area contributed by atoms with Gasteiger partial charge in [-0.2, -0.15) is 13.2 Å². The molecule has 8 heteroatoms. The lowest BCUT2D eigenvalue weighted by Gasteiger charge is -2.37. The lowest BCUT2D eigenvalue weighted by Crippen LogP contribution is -2.44. The molecule has 0 amide bonds. The second kappa shape index (κ2) is 6.70. The van der Waals surface area contributed by atoms with Gasteiger partial charge in [-0.1, -0.05) is 42.4 Å². The molecule has 0 atom stereocenters. The van der Waals surface area contributed by atoms with E-state index < -0.39 is 17.2 Å². The molecule has 2 aliphatic carbocycles. The number of halogens is 3. The molecule has 1 saturated carbocycles. The zero-order chi connectivity index (χ0) is 22.3. The normalized spacial score (nSPS) is 20.0. The van der Waals surface area contributed by atoms with Crippen molar-refractivity contribution in [1.82, 2.24) is 15.2 Å². The highest BCUT2D eigenvalue weighted by atomic mass is 19.4. The van der Waals surface area contributed by atoms with Crippen LogP contribution >= 0.6 is 0 Å². The molecule has 3 heterocycles. The smallest absolute Gasteiger partial charge is 0.359 e. The van der Waals surface area contributed by atoms with E-state index in [-0.39, 0.29) is 17.2 Å². The minimum Gasteiger partial charge on any atom is -0.359 e. The Kier molecular flexibility index (Phi) is 4.19. The largest absolute Gasteiger partial charge is 0.422 e. The Labute approximate surface area is 183 Å². The molecule has 2 aromatic heterocycles. The quantitative estimate of drug-likeness (QED) is 0.524. The van der Waals surface area contributed by atoms with Crippen LogP contribution in [0, 0.1) is 5.92 Å². The molecule has 0 spiro atoms. The highest BCUT2D eigenvalue weighted by molar-refractivity contribution is 5.77. The Morgan fingerprint density at radius 1 is 1.09 bits per heavy atom. The van der Waals surface area contributed by atoms with Crippen LogP contribution in [0.25, 0.3) is 22.7 Å². The number of rotatable bonds is 4. The molecule has 5 nitrogen and oxygen atoms in total. The van der Waals surface area contributed by atoms with Gasteiger partial charge in [-0.15, -0.1) is 0 Å². The third-order valence-corrected chi connectivity index (χ3v) is 7.14. The summed E-state index contributed by atoms with van der Waals surface area (Å²) in [5.74, 6) is 0.743. The number of fused-ring (bicyclic) bond motifs is 3. The van der Waals surface area contributed by atoms with Gasteiger partial charge >= 0.3 is 6.18 Å². The van der Waals surface area contributed by atoms with Crippen molar-refractivity contribution in [2.75, 3.05) is 13.1 Å². The van der Waals surface area contributed by atoms with Gasteiger partial charge in [0.1, 0.15) is 11.3 Å². The average molecular weight is 443 g/mol. The molecule has 0 N–H and O–H groups in total. The van der Waals surface area contributed by atoms with Crippen LogP contribution in [-0.4, -0.2) is 28.3 Å². The number of hydrogen-bond donors (Lipinski definition) is 0. The number of aryl methyl sites for hydroxylation is 1. The van der Waals surface area contributed by atoms with E-state index in [0.717, 1.165) is 43.1 Å². The second-order valence-corrected chi connectivity index (χ2v) is 9.92. The van der Waals surface area contributed by atoms with Crippen molar-refractivity contribution < 1.29 is 22.2 Å². The molecule has 3 aliphatic rings. The van der Waals surface area contributed by atoms with Gasteiger partial charge < -0.3 is 9.05 Å². The topological polar surface area (TPSA) is 55.3 Å². The maximum Gasteiger partial charge on any atom is 0.422 e. The van der Waals surface area contributed by atoms with Gasteiger partial charge in [-0.05, 0) is 42.7 Å². The van der Waals surface area contributed by atoms with Crippen molar-refractivity contribution in [3.8, 4) is 22.7 Å². The molecule has 1 aliphatic heterocycles. The Balaban J connectivity index is 1.37. The molecule has 168 valence electrons. The third-order valence-electron chi connectivity index (χ3n) is 7.14. The maximum atomic E-state index is 14.0. The molecule has 0 unspecified atom stereocenters. The van der Waals surface area contributed by atoms with Gasteiger partial charge in [-0.25, -0.2) is 0 Å². The fourth-order valence-corrected chi connectivity index (χ4v) is 5.13. The van der Waals surface area contributed by atoms with E-state index in [0.29, 0.717) is 30.5 Å². The van der Waals surface area contributed by atoms with Crippen molar-refractivity contribution in [3.63, 3.8) is 0 Å². The van der Waals surface area contributed by atoms with E-state index in [1.807, 2.05) is 6.07 Å². The van der Waals surface area contributed by atoms with Crippen molar-refractivity contribution >= 4 is 0 Å². The molecule has 1 aromatic carbocycles. The molecular formula is C24H24F3N3O2. The predicted molar refractivity (Wildman–Crippen MR) is 111 cm³/mol. The van der Waals surface area contributed by atoms with Crippen LogP contribution in [0.5, 0.6) is 0 Å². The first kappa shape index (κ1) is 20.0.